The van der Waals surface area contributed by atoms with Crippen LogP contribution in [0.1, 0.15) is 5.82 Å². The maximum atomic E-state index is 12.5. The van der Waals surface area contributed by atoms with Gasteiger partial charge in [0.15, 0.2) is 5.82 Å². The molecule has 3 heterocycles. The molecule has 1 N–H and O–H groups in total. The molecule has 0 aliphatic carbocycles. The van der Waals surface area contributed by atoms with Gasteiger partial charge in [-0.25, -0.2) is 14.8 Å². The van der Waals surface area contributed by atoms with Crippen molar-refractivity contribution in [1.29, 1.82) is 0 Å². The zero-order chi connectivity index (χ0) is 18.6. The van der Waals surface area contributed by atoms with Crippen molar-refractivity contribution in [3.63, 3.8) is 0 Å². The van der Waals surface area contributed by atoms with Crippen molar-refractivity contribution in [2.24, 2.45) is 0 Å². The molecule has 1 aromatic carbocycles. The van der Waals surface area contributed by atoms with Gasteiger partial charge in [-0.1, -0.05) is 30.3 Å². The number of hydrogen-bond donors (Lipinski definition) is 1. The van der Waals surface area contributed by atoms with Gasteiger partial charge in [-0.15, -0.1) is 0 Å². The van der Waals surface area contributed by atoms with E-state index in [0.29, 0.717) is 24.0 Å². The van der Waals surface area contributed by atoms with Crippen LogP contribution in [0.2, 0.25) is 0 Å². The smallest absolute Gasteiger partial charge is 0.323 e. The summed E-state index contributed by atoms with van der Waals surface area (Å²) in [5.41, 5.74) is 0.933. The molecule has 3 aromatic rings. The molecule has 0 spiro atoms. The second kappa shape index (κ2) is 7.67. The lowest BCUT2D eigenvalue weighted by molar-refractivity contribution is 0.208. The van der Waals surface area contributed by atoms with Gasteiger partial charge in [-0.05, 0) is 13.0 Å². The van der Waals surface area contributed by atoms with Crippen LogP contribution in [0, 0.1) is 6.92 Å². The molecule has 0 unspecified atom stereocenters. The first kappa shape index (κ1) is 17.3. The topological polar surface area (TPSA) is 87.1 Å². The molecule has 0 bridgehead atoms. The Hall–Kier alpha value is -3.07. The fourth-order valence-corrected chi connectivity index (χ4v) is 3.49. The number of hydrogen-bond acceptors (Lipinski definition) is 7. The van der Waals surface area contributed by atoms with Crippen LogP contribution in [0.15, 0.2) is 42.6 Å². The molecule has 1 fully saturated rings. The summed E-state index contributed by atoms with van der Waals surface area (Å²) < 4.78 is 4.32. The van der Waals surface area contributed by atoms with Gasteiger partial charge in [0.05, 0.1) is 0 Å². The predicted octanol–water partition coefficient (Wildman–Crippen LogP) is 2.66. The van der Waals surface area contributed by atoms with Gasteiger partial charge in [-0.3, -0.25) is 5.32 Å². The molecular weight excluding hydrogens is 362 g/mol. The zero-order valence-electron chi connectivity index (χ0n) is 14.9. The summed E-state index contributed by atoms with van der Waals surface area (Å²) in [7, 11) is 0. The summed E-state index contributed by atoms with van der Waals surface area (Å²) in [6.45, 7) is 4.59. The van der Waals surface area contributed by atoms with Crippen molar-refractivity contribution in [3.05, 3.63) is 48.4 Å². The molecule has 9 heteroatoms. The van der Waals surface area contributed by atoms with Gasteiger partial charge in [0.1, 0.15) is 11.6 Å². The van der Waals surface area contributed by atoms with Crippen molar-refractivity contribution < 1.29 is 4.79 Å². The zero-order valence-corrected chi connectivity index (χ0v) is 15.7. The van der Waals surface area contributed by atoms with Crippen molar-refractivity contribution in [3.8, 4) is 11.4 Å². The summed E-state index contributed by atoms with van der Waals surface area (Å²) in [5.74, 6) is 2.28. The number of urea groups is 1. The maximum Gasteiger partial charge on any atom is 0.323 e. The third-order valence-electron chi connectivity index (χ3n) is 4.32. The average Bonchev–Trinajstić information content (AvgIpc) is 3.17. The number of aryl methyl sites for hydroxylation is 1. The van der Waals surface area contributed by atoms with E-state index in [0.717, 1.165) is 30.3 Å². The molecule has 4 rings (SSSR count). The van der Waals surface area contributed by atoms with Crippen LogP contribution in [0.4, 0.5) is 15.7 Å². The van der Waals surface area contributed by atoms with E-state index in [-0.39, 0.29) is 6.03 Å². The lowest BCUT2D eigenvalue weighted by Crippen LogP contribution is -2.50. The summed E-state index contributed by atoms with van der Waals surface area (Å²) in [6, 6.07) is 11.5. The van der Waals surface area contributed by atoms with Crippen LogP contribution in [0.5, 0.6) is 0 Å². The number of anilines is 2. The average molecular weight is 381 g/mol. The maximum absolute atomic E-state index is 12.5. The van der Waals surface area contributed by atoms with E-state index >= 15 is 0 Å². The number of rotatable bonds is 3. The highest BCUT2D eigenvalue weighted by molar-refractivity contribution is 7.10. The minimum atomic E-state index is -0.149. The van der Waals surface area contributed by atoms with Crippen molar-refractivity contribution in [1.82, 2.24) is 24.2 Å². The van der Waals surface area contributed by atoms with E-state index in [1.807, 2.05) is 43.3 Å². The molecular formula is C18H19N7OS. The van der Waals surface area contributed by atoms with Crippen LogP contribution in [-0.2, 0) is 0 Å². The molecule has 1 saturated heterocycles. The number of nitrogens with one attached hydrogen (secondary N) is 1. The van der Waals surface area contributed by atoms with Gasteiger partial charge in [0.2, 0.25) is 5.13 Å². The summed E-state index contributed by atoms with van der Waals surface area (Å²) in [6.07, 6.45) is 1.76. The highest BCUT2D eigenvalue weighted by Gasteiger charge is 2.23. The van der Waals surface area contributed by atoms with Gasteiger partial charge in [0, 0.05) is 49.5 Å². The fourth-order valence-electron chi connectivity index (χ4n) is 2.91. The molecule has 27 heavy (non-hydrogen) atoms. The number of nitrogens with zero attached hydrogens (tertiary/aromatic N) is 6. The van der Waals surface area contributed by atoms with Crippen LogP contribution in [0.3, 0.4) is 0 Å². The predicted molar refractivity (Wildman–Crippen MR) is 105 cm³/mol. The van der Waals surface area contributed by atoms with Gasteiger partial charge < -0.3 is 9.80 Å². The number of amides is 2. The number of piperazine rings is 1. The first-order chi connectivity index (χ1) is 13.2. The molecule has 2 aromatic heterocycles. The highest BCUT2D eigenvalue weighted by Crippen LogP contribution is 2.21. The third kappa shape index (κ3) is 4.03. The number of carbonyl (C=O) groups excluding carboxylic acids is 1. The molecule has 1 aliphatic rings. The minimum absolute atomic E-state index is 0.149. The molecule has 8 nitrogen and oxygen atoms in total. The quantitative estimate of drug-likeness (QED) is 0.750. The normalized spacial score (nSPS) is 14.3. The molecule has 138 valence electrons. The first-order valence-electron chi connectivity index (χ1n) is 8.69. The molecule has 1 aliphatic heterocycles. The summed E-state index contributed by atoms with van der Waals surface area (Å²) in [4.78, 5) is 29.4. The third-order valence-corrected chi connectivity index (χ3v) is 4.95. The lowest BCUT2D eigenvalue weighted by Gasteiger charge is -2.35. The van der Waals surface area contributed by atoms with E-state index < -0.39 is 0 Å². The largest absolute Gasteiger partial charge is 0.353 e. The Morgan fingerprint density at radius 3 is 2.59 bits per heavy atom. The SMILES string of the molecule is Cc1nccc(N2CCN(C(=O)Nc3nc(-c4ccccc4)ns3)CC2)n1. The second-order valence-electron chi connectivity index (χ2n) is 6.16. The summed E-state index contributed by atoms with van der Waals surface area (Å²) >= 11 is 1.19. The molecule has 0 atom stereocenters. The van der Waals surface area contributed by atoms with Crippen LogP contribution in [0.25, 0.3) is 11.4 Å². The van der Waals surface area contributed by atoms with Crippen LogP contribution < -0.4 is 10.2 Å². The Labute approximate surface area is 161 Å². The number of carbonyl (C=O) groups is 1. The van der Waals surface area contributed by atoms with Gasteiger partial charge in [0.25, 0.3) is 0 Å². The van der Waals surface area contributed by atoms with Gasteiger partial charge in [-0.2, -0.15) is 9.36 Å². The molecule has 0 saturated carbocycles. The number of benzene rings is 1. The van der Waals surface area contributed by atoms with Crippen molar-refractivity contribution in [2.45, 2.75) is 6.92 Å². The van der Waals surface area contributed by atoms with Crippen LogP contribution in [-0.4, -0.2) is 56.4 Å². The van der Waals surface area contributed by atoms with Crippen molar-refractivity contribution >= 4 is 28.5 Å². The highest BCUT2D eigenvalue weighted by atomic mass is 32.1. The van der Waals surface area contributed by atoms with Crippen LogP contribution >= 0.6 is 11.5 Å². The Morgan fingerprint density at radius 1 is 1.07 bits per heavy atom. The summed E-state index contributed by atoms with van der Waals surface area (Å²) in [5, 5.41) is 3.36. The Morgan fingerprint density at radius 2 is 1.85 bits per heavy atom. The van der Waals surface area contributed by atoms with E-state index in [4.69, 9.17) is 0 Å². The standard InChI is InChI=1S/C18H19N7OS/c1-13-19-8-7-15(20-13)24-9-11-25(12-10-24)18(26)22-17-21-16(23-27-17)14-5-3-2-4-6-14/h2-8H,9-12H2,1H3,(H,21,22,23,26). The molecule has 2 amide bonds. The Kier molecular flexibility index (Phi) is 4.93. The van der Waals surface area contributed by atoms with E-state index in [1.165, 1.54) is 11.5 Å². The fraction of sp³-hybridized carbons (Fsp3) is 0.278. The monoisotopic (exact) mass is 381 g/mol. The molecule has 0 radical (unpaired) electrons. The Balaban J connectivity index is 1.34. The van der Waals surface area contributed by atoms with Gasteiger partial charge >= 0.3 is 6.03 Å². The van der Waals surface area contributed by atoms with E-state index in [2.05, 4.69) is 29.5 Å². The second-order valence-corrected chi connectivity index (χ2v) is 6.91. The van der Waals surface area contributed by atoms with E-state index in [1.54, 1.807) is 11.1 Å². The lowest BCUT2D eigenvalue weighted by atomic mass is 10.2. The first-order valence-corrected chi connectivity index (χ1v) is 9.46. The Bertz CT molecular complexity index is 922. The van der Waals surface area contributed by atoms with Crippen molar-refractivity contribution in [2.75, 3.05) is 36.4 Å². The van der Waals surface area contributed by atoms with E-state index in [9.17, 15) is 4.79 Å². The number of aromatic nitrogens is 4. The minimum Gasteiger partial charge on any atom is -0.353 e.